The largest absolute Gasteiger partial charge is 0.489 e. The van der Waals surface area contributed by atoms with E-state index in [9.17, 15) is 9.18 Å². The summed E-state index contributed by atoms with van der Waals surface area (Å²) >= 11 is 1.65. The van der Waals surface area contributed by atoms with E-state index >= 15 is 0 Å². The number of thioether (sulfide) groups is 1. The molecular weight excluding hydrogens is 231 g/mol. The molecule has 0 amide bonds. The van der Waals surface area contributed by atoms with Crippen LogP contribution in [0.25, 0.3) is 0 Å². The molecule has 1 aromatic rings. The highest BCUT2D eigenvalue weighted by atomic mass is 32.2. The number of rotatable bonds is 6. The van der Waals surface area contributed by atoms with Gasteiger partial charge >= 0.3 is 5.97 Å². The highest BCUT2D eigenvalue weighted by Gasteiger charge is 2.15. The molecule has 0 aliphatic heterocycles. The molecule has 0 aliphatic carbocycles. The Balaban J connectivity index is 2.73. The number of halogens is 1. The van der Waals surface area contributed by atoms with Gasteiger partial charge < -0.3 is 9.84 Å². The van der Waals surface area contributed by atoms with Gasteiger partial charge in [0.15, 0.2) is 11.6 Å². The van der Waals surface area contributed by atoms with Crippen molar-refractivity contribution in [1.29, 1.82) is 0 Å². The van der Waals surface area contributed by atoms with Crippen LogP contribution in [-0.2, 0) is 0 Å². The standard InChI is InChI=1S/C11H13FO3S/c1-2-16-7-6-15-10-8(11(13)14)4-3-5-9(10)12/h3-5H,2,6-7H2,1H3,(H,13,14). The van der Waals surface area contributed by atoms with E-state index in [0.29, 0.717) is 12.4 Å². The molecule has 88 valence electrons. The number of para-hydroxylation sites is 1. The van der Waals surface area contributed by atoms with Crippen LogP contribution < -0.4 is 4.74 Å². The third kappa shape index (κ3) is 3.41. The molecule has 0 radical (unpaired) electrons. The van der Waals surface area contributed by atoms with Gasteiger partial charge in [0.25, 0.3) is 0 Å². The molecule has 1 N–H and O–H groups in total. The predicted molar refractivity (Wildman–Crippen MR) is 61.9 cm³/mol. The fraction of sp³-hybridized carbons (Fsp3) is 0.364. The smallest absolute Gasteiger partial charge is 0.339 e. The molecule has 0 spiro atoms. The average molecular weight is 244 g/mol. The first-order valence-corrected chi connectivity index (χ1v) is 6.04. The molecule has 1 aromatic carbocycles. The van der Waals surface area contributed by atoms with Gasteiger partial charge in [0.05, 0.1) is 6.61 Å². The summed E-state index contributed by atoms with van der Waals surface area (Å²) in [5.74, 6) is -0.332. The van der Waals surface area contributed by atoms with E-state index in [1.165, 1.54) is 18.2 Å². The summed E-state index contributed by atoms with van der Waals surface area (Å²) in [5, 5.41) is 8.84. The molecule has 16 heavy (non-hydrogen) atoms. The van der Waals surface area contributed by atoms with Crippen LogP contribution >= 0.6 is 11.8 Å². The summed E-state index contributed by atoms with van der Waals surface area (Å²) in [6.45, 7) is 2.32. The van der Waals surface area contributed by atoms with Crippen molar-refractivity contribution in [2.45, 2.75) is 6.92 Å². The van der Waals surface area contributed by atoms with E-state index in [1.807, 2.05) is 6.92 Å². The SMILES string of the molecule is CCSCCOc1c(F)cccc1C(=O)O. The average Bonchev–Trinajstić information content (AvgIpc) is 2.25. The minimum Gasteiger partial charge on any atom is -0.489 e. The van der Waals surface area contributed by atoms with Crippen molar-refractivity contribution in [3.05, 3.63) is 29.6 Å². The lowest BCUT2D eigenvalue weighted by atomic mass is 10.2. The van der Waals surface area contributed by atoms with Crippen LogP contribution in [-0.4, -0.2) is 29.2 Å². The Morgan fingerprint density at radius 3 is 2.94 bits per heavy atom. The molecule has 0 saturated heterocycles. The van der Waals surface area contributed by atoms with E-state index in [0.717, 1.165) is 5.75 Å². The lowest BCUT2D eigenvalue weighted by Gasteiger charge is -2.09. The minimum atomic E-state index is -1.18. The second-order valence-electron chi connectivity index (χ2n) is 2.97. The van der Waals surface area contributed by atoms with Crippen molar-refractivity contribution in [2.75, 3.05) is 18.1 Å². The fourth-order valence-corrected chi connectivity index (χ4v) is 1.66. The summed E-state index contributed by atoms with van der Waals surface area (Å²) in [7, 11) is 0. The highest BCUT2D eigenvalue weighted by molar-refractivity contribution is 7.99. The molecule has 3 nitrogen and oxygen atoms in total. The second kappa shape index (κ2) is 6.37. The van der Waals surface area contributed by atoms with Crippen LogP contribution in [0.15, 0.2) is 18.2 Å². The molecule has 0 aromatic heterocycles. The van der Waals surface area contributed by atoms with Crippen molar-refractivity contribution in [2.24, 2.45) is 0 Å². The number of carbonyl (C=O) groups is 1. The number of aromatic carboxylic acids is 1. The van der Waals surface area contributed by atoms with Gasteiger partial charge in [-0.15, -0.1) is 0 Å². The molecule has 5 heteroatoms. The number of ether oxygens (including phenoxy) is 1. The Kier molecular flexibility index (Phi) is 5.11. The summed E-state index contributed by atoms with van der Waals surface area (Å²) < 4.78 is 18.5. The zero-order valence-corrected chi connectivity index (χ0v) is 9.72. The van der Waals surface area contributed by atoms with Gasteiger partial charge in [-0.1, -0.05) is 13.0 Å². The second-order valence-corrected chi connectivity index (χ2v) is 4.36. The van der Waals surface area contributed by atoms with Crippen LogP contribution in [0.1, 0.15) is 17.3 Å². The zero-order valence-electron chi connectivity index (χ0n) is 8.90. The maximum atomic E-state index is 13.3. The fourth-order valence-electron chi connectivity index (χ4n) is 1.17. The van der Waals surface area contributed by atoms with Gasteiger partial charge in [0.2, 0.25) is 0 Å². The number of carboxylic acid groups (broad SMARTS) is 1. The monoisotopic (exact) mass is 244 g/mol. The van der Waals surface area contributed by atoms with Gasteiger partial charge in [0.1, 0.15) is 5.56 Å². The number of hydrogen-bond donors (Lipinski definition) is 1. The maximum absolute atomic E-state index is 13.3. The van der Waals surface area contributed by atoms with Gasteiger partial charge in [-0.2, -0.15) is 11.8 Å². The van der Waals surface area contributed by atoms with Gasteiger partial charge in [-0.3, -0.25) is 0 Å². The van der Waals surface area contributed by atoms with Crippen LogP contribution in [0.5, 0.6) is 5.75 Å². The molecular formula is C11H13FO3S. The lowest BCUT2D eigenvalue weighted by Crippen LogP contribution is -2.07. The van der Waals surface area contributed by atoms with Crippen molar-refractivity contribution in [3.63, 3.8) is 0 Å². The molecule has 0 saturated carbocycles. The number of benzene rings is 1. The molecule has 0 unspecified atom stereocenters. The van der Waals surface area contributed by atoms with Crippen LogP contribution in [0, 0.1) is 5.82 Å². The molecule has 0 bridgehead atoms. The summed E-state index contributed by atoms with van der Waals surface area (Å²) in [5.41, 5.74) is -0.138. The normalized spacial score (nSPS) is 10.1. The minimum absolute atomic E-state index is 0.138. The highest BCUT2D eigenvalue weighted by Crippen LogP contribution is 2.22. The van der Waals surface area contributed by atoms with Crippen molar-refractivity contribution in [1.82, 2.24) is 0 Å². The van der Waals surface area contributed by atoms with E-state index in [1.54, 1.807) is 11.8 Å². The Labute approximate surface area is 97.6 Å². The molecule has 1 rings (SSSR count). The number of hydrogen-bond acceptors (Lipinski definition) is 3. The van der Waals surface area contributed by atoms with Crippen molar-refractivity contribution in [3.8, 4) is 5.75 Å². The zero-order chi connectivity index (χ0) is 12.0. The maximum Gasteiger partial charge on any atom is 0.339 e. The Morgan fingerprint density at radius 1 is 1.56 bits per heavy atom. The van der Waals surface area contributed by atoms with E-state index in [4.69, 9.17) is 9.84 Å². The first-order chi connectivity index (χ1) is 7.66. The van der Waals surface area contributed by atoms with Crippen LogP contribution in [0.2, 0.25) is 0 Å². The lowest BCUT2D eigenvalue weighted by molar-refractivity contribution is 0.0691. The van der Waals surface area contributed by atoms with Gasteiger partial charge in [-0.25, -0.2) is 9.18 Å². The van der Waals surface area contributed by atoms with E-state index in [2.05, 4.69) is 0 Å². The van der Waals surface area contributed by atoms with E-state index < -0.39 is 11.8 Å². The first-order valence-electron chi connectivity index (χ1n) is 4.89. The topological polar surface area (TPSA) is 46.5 Å². The first kappa shape index (κ1) is 12.8. The molecule has 0 fully saturated rings. The van der Waals surface area contributed by atoms with E-state index in [-0.39, 0.29) is 11.3 Å². The summed E-state index contributed by atoms with van der Waals surface area (Å²) in [6, 6.07) is 3.87. The van der Waals surface area contributed by atoms with Crippen LogP contribution in [0.4, 0.5) is 4.39 Å². The van der Waals surface area contributed by atoms with Crippen molar-refractivity contribution < 1.29 is 19.0 Å². The van der Waals surface area contributed by atoms with Gasteiger partial charge in [-0.05, 0) is 17.9 Å². The van der Waals surface area contributed by atoms with Crippen LogP contribution in [0.3, 0.4) is 0 Å². The third-order valence-corrected chi connectivity index (χ3v) is 2.74. The van der Waals surface area contributed by atoms with Gasteiger partial charge in [0, 0.05) is 5.75 Å². The Morgan fingerprint density at radius 2 is 2.31 bits per heavy atom. The third-order valence-electron chi connectivity index (χ3n) is 1.88. The summed E-state index contributed by atoms with van der Waals surface area (Å²) in [6.07, 6.45) is 0. The molecule has 0 atom stereocenters. The predicted octanol–water partition coefficient (Wildman–Crippen LogP) is 2.66. The Bertz CT molecular complexity index is 368. The molecule has 0 aliphatic rings. The summed E-state index contributed by atoms with van der Waals surface area (Å²) in [4.78, 5) is 10.8. The quantitative estimate of drug-likeness (QED) is 0.781. The van der Waals surface area contributed by atoms with Crippen molar-refractivity contribution >= 4 is 17.7 Å². The Hall–Kier alpha value is -1.23. The molecule has 0 heterocycles. The number of carboxylic acids is 1.